The van der Waals surface area contributed by atoms with Crippen molar-refractivity contribution in [3.63, 3.8) is 0 Å². The molecule has 1 saturated heterocycles. The number of benzene rings is 2. The van der Waals surface area contributed by atoms with Gasteiger partial charge in [-0.3, -0.25) is 4.79 Å². The molecule has 1 aliphatic heterocycles. The lowest BCUT2D eigenvalue weighted by atomic mass is 9.93. The minimum Gasteiger partial charge on any atom is -0.353 e. The van der Waals surface area contributed by atoms with Gasteiger partial charge in [0.1, 0.15) is 0 Å². The minimum atomic E-state index is -3.61. The second-order valence-electron chi connectivity index (χ2n) is 8.44. The van der Waals surface area contributed by atoms with Crippen molar-refractivity contribution >= 4 is 15.9 Å². The van der Waals surface area contributed by atoms with Crippen LogP contribution in [-0.4, -0.2) is 37.8 Å². The maximum absolute atomic E-state index is 13.2. The molecule has 2 aromatic rings. The molecule has 2 aliphatic rings. The fourth-order valence-corrected chi connectivity index (χ4v) is 6.06. The van der Waals surface area contributed by atoms with E-state index in [0.29, 0.717) is 13.0 Å². The molecule has 1 saturated carbocycles. The Morgan fingerprint density at radius 3 is 2.20 bits per heavy atom. The average molecular weight is 427 g/mol. The van der Waals surface area contributed by atoms with Crippen molar-refractivity contribution in [2.75, 3.05) is 13.1 Å². The molecule has 1 aliphatic carbocycles. The van der Waals surface area contributed by atoms with Crippen LogP contribution in [0.4, 0.5) is 0 Å². The Labute approximate surface area is 179 Å². The lowest BCUT2D eigenvalue weighted by molar-refractivity contribution is -0.127. The molecule has 30 heavy (non-hydrogen) atoms. The molecule has 0 spiro atoms. The van der Waals surface area contributed by atoms with Crippen LogP contribution in [0.25, 0.3) is 11.1 Å². The molecular formula is C24H30N2O3S. The van der Waals surface area contributed by atoms with Gasteiger partial charge in [0, 0.05) is 19.1 Å². The summed E-state index contributed by atoms with van der Waals surface area (Å²) in [7, 11) is -3.61. The van der Waals surface area contributed by atoms with Gasteiger partial charge in [0.05, 0.1) is 10.8 Å². The van der Waals surface area contributed by atoms with Crippen LogP contribution < -0.4 is 5.32 Å². The Morgan fingerprint density at radius 1 is 0.833 bits per heavy atom. The largest absolute Gasteiger partial charge is 0.353 e. The van der Waals surface area contributed by atoms with Crippen LogP contribution in [0.2, 0.25) is 0 Å². The molecular weight excluding hydrogens is 396 g/mol. The third-order valence-electron chi connectivity index (χ3n) is 6.31. The van der Waals surface area contributed by atoms with Crippen LogP contribution >= 0.6 is 0 Å². The van der Waals surface area contributed by atoms with E-state index in [4.69, 9.17) is 0 Å². The molecule has 0 aromatic heterocycles. The molecule has 0 bridgehead atoms. The van der Waals surface area contributed by atoms with Crippen molar-refractivity contribution in [3.8, 4) is 11.1 Å². The number of hydrogen-bond donors (Lipinski definition) is 1. The number of nitrogens with zero attached hydrogens (tertiary/aromatic N) is 1. The molecule has 4 rings (SSSR count). The zero-order valence-corrected chi connectivity index (χ0v) is 18.1. The first-order valence-electron chi connectivity index (χ1n) is 11.0. The highest BCUT2D eigenvalue weighted by molar-refractivity contribution is 7.89. The van der Waals surface area contributed by atoms with Gasteiger partial charge in [0.25, 0.3) is 0 Å². The zero-order chi connectivity index (χ0) is 21.0. The summed E-state index contributed by atoms with van der Waals surface area (Å²) in [5.41, 5.74) is 2.04. The first kappa shape index (κ1) is 21.1. The summed E-state index contributed by atoms with van der Waals surface area (Å²) in [6, 6.07) is 17.2. The minimum absolute atomic E-state index is 0.0150. The van der Waals surface area contributed by atoms with Crippen molar-refractivity contribution < 1.29 is 13.2 Å². The first-order valence-corrected chi connectivity index (χ1v) is 12.4. The van der Waals surface area contributed by atoms with E-state index in [2.05, 4.69) is 5.32 Å². The molecule has 0 radical (unpaired) electrons. The second kappa shape index (κ2) is 9.31. The van der Waals surface area contributed by atoms with Gasteiger partial charge in [0.15, 0.2) is 0 Å². The molecule has 1 amide bonds. The van der Waals surface area contributed by atoms with Gasteiger partial charge in [-0.05, 0) is 48.9 Å². The summed E-state index contributed by atoms with van der Waals surface area (Å²) in [5, 5.41) is 3.17. The third-order valence-corrected chi connectivity index (χ3v) is 8.19. The van der Waals surface area contributed by atoms with Gasteiger partial charge >= 0.3 is 0 Å². The van der Waals surface area contributed by atoms with E-state index in [9.17, 15) is 13.2 Å². The van der Waals surface area contributed by atoms with E-state index in [1.54, 1.807) is 12.1 Å². The number of hydrogen-bond acceptors (Lipinski definition) is 3. The number of carbonyl (C=O) groups excluding carboxylic acids is 1. The van der Waals surface area contributed by atoms with Crippen molar-refractivity contribution in [2.24, 2.45) is 5.92 Å². The maximum Gasteiger partial charge on any atom is 0.243 e. The van der Waals surface area contributed by atoms with Gasteiger partial charge < -0.3 is 5.32 Å². The zero-order valence-electron chi connectivity index (χ0n) is 17.3. The summed E-state index contributed by atoms with van der Waals surface area (Å²) in [6.45, 7) is 0.733. The van der Waals surface area contributed by atoms with Gasteiger partial charge in [-0.1, -0.05) is 61.7 Å². The molecule has 1 unspecified atom stereocenters. The standard InChI is InChI=1S/C24H30N2O3S/c27-24(25-22-11-5-2-6-12-22)21-10-7-17-26(18-21)30(28,29)23-15-13-20(14-16-23)19-8-3-1-4-9-19/h1,3-4,8-9,13-16,21-22H,2,5-7,10-12,17-18H2,(H,25,27). The molecule has 6 heteroatoms. The van der Waals surface area contributed by atoms with Crippen molar-refractivity contribution in [2.45, 2.75) is 55.9 Å². The van der Waals surface area contributed by atoms with E-state index in [-0.39, 0.29) is 29.3 Å². The lowest BCUT2D eigenvalue weighted by Crippen LogP contribution is -2.47. The molecule has 1 N–H and O–H groups in total. The lowest BCUT2D eigenvalue weighted by Gasteiger charge is -2.32. The van der Waals surface area contributed by atoms with Crippen LogP contribution in [0.3, 0.4) is 0 Å². The number of rotatable bonds is 5. The topological polar surface area (TPSA) is 66.5 Å². The van der Waals surface area contributed by atoms with E-state index >= 15 is 0 Å². The normalized spacial score (nSPS) is 21.3. The monoisotopic (exact) mass is 426 g/mol. The van der Waals surface area contributed by atoms with Crippen LogP contribution in [0.1, 0.15) is 44.9 Å². The van der Waals surface area contributed by atoms with Crippen LogP contribution in [0.15, 0.2) is 59.5 Å². The first-order chi connectivity index (χ1) is 14.5. The van der Waals surface area contributed by atoms with Gasteiger partial charge in [-0.15, -0.1) is 0 Å². The number of carbonyl (C=O) groups is 1. The Morgan fingerprint density at radius 2 is 1.50 bits per heavy atom. The summed E-state index contributed by atoms with van der Waals surface area (Å²) in [6.07, 6.45) is 7.10. The summed E-state index contributed by atoms with van der Waals surface area (Å²) >= 11 is 0. The number of nitrogens with one attached hydrogen (secondary N) is 1. The van der Waals surface area contributed by atoms with E-state index in [1.807, 2.05) is 42.5 Å². The predicted molar refractivity (Wildman–Crippen MR) is 118 cm³/mol. The molecule has 5 nitrogen and oxygen atoms in total. The predicted octanol–water partition coefficient (Wildman–Crippen LogP) is 4.20. The number of amides is 1. The molecule has 160 valence electrons. The average Bonchev–Trinajstić information content (AvgIpc) is 2.80. The van der Waals surface area contributed by atoms with Gasteiger partial charge in [-0.2, -0.15) is 4.31 Å². The highest BCUT2D eigenvalue weighted by Gasteiger charge is 2.34. The van der Waals surface area contributed by atoms with Crippen LogP contribution in [0.5, 0.6) is 0 Å². The Kier molecular flexibility index (Phi) is 6.54. The maximum atomic E-state index is 13.2. The van der Waals surface area contributed by atoms with E-state index in [0.717, 1.165) is 43.2 Å². The quantitative estimate of drug-likeness (QED) is 0.779. The third kappa shape index (κ3) is 4.76. The summed E-state index contributed by atoms with van der Waals surface area (Å²) in [5.74, 6) is -0.250. The van der Waals surface area contributed by atoms with Gasteiger partial charge in [0.2, 0.25) is 15.9 Å². The highest BCUT2D eigenvalue weighted by atomic mass is 32.2. The van der Waals surface area contributed by atoms with E-state index < -0.39 is 10.0 Å². The van der Waals surface area contributed by atoms with Crippen LogP contribution in [0, 0.1) is 5.92 Å². The molecule has 1 atom stereocenters. The Bertz CT molecular complexity index is 952. The van der Waals surface area contributed by atoms with Crippen molar-refractivity contribution in [1.29, 1.82) is 0 Å². The van der Waals surface area contributed by atoms with Gasteiger partial charge in [-0.25, -0.2) is 8.42 Å². The SMILES string of the molecule is O=C(NC1CCCCC1)C1CCCN(S(=O)(=O)c2ccc(-c3ccccc3)cc2)C1. The number of sulfonamides is 1. The Hall–Kier alpha value is -2.18. The summed E-state index contributed by atoms with van der Waals surface area (Å²) < 4.78 is 27.9. The molecule has 1 heterocycles. The highest BCUT2D eigenvalue weighted by Crippen LogP contribution is 2.27. The smallest absolute Gasteiger partial charge is 0.243 e. The molecule has 2 aromatic carbocycles. The van der Waals surface area contributed by atoms with Crippen molar-refractivity contribution in [1.82, 2.24) is 9.62 Å². The number of piperidine rings is 1. The molecule has 2 fully saturated rings. The van der Waals surface area contributed by atoms with Crippen molar-refractivity contribution in [3.05, 3.63) is 54.6 Å². The fraction of sp³-hybridized carbons (Fsp3) is 0.458. The second-order valence-corrected chi connectivity index (χ2v) is 10.4. The van der Waals surface area contributed by atoms with E-state index in [1.165, 1.54) is 10.7 Å². The van der Waals surface area contributed by atoms with Crippen LogP contribution in [-0.2, 0) is 14.8 Å². The fourth-order valence-electron chi connectivity index (χ4n) is 4.54. The Balaban J connectivity index is 1.43. The summed E-state index contributed by atoms with van der Waals surface area (Å²) in [4.78, 5) is 13.0.